The van der Waals surface area contributed by atoms with E-state index in [0.717, 1.165) is 10.8 Å². The SMILES string of the molecule is C=C[C@@H]1C[C@]1(NC(=O)[C@@H]1C[C@@H](Oc2nccc3cc(OC)ccc23)CN1C(=O)[C@H](Nc1ccc(OC)nc1)C(C)(C)C)C(=O)NS(=O)(=O)C1CC1. The number of nitrogens with one attached hydrogen (secondary N) is 3. The number of methoxy groups -OCH3 is 2. The molecule has 0 unspecified atom stereocenters. The Morgan fingerprint density at radius 2 is 1.84 bits per heavy atom. The fourth-order valence-electron chi connectivity index (χ4n) is 6.47. The highest BCUT2D eigenvalue weighted by molar-refractivity contribution is 7.91. The van der Waals surface area contributed by atoms with Gasteiger partial charge in [-0.3, -0.25) is 19.1 Å². The lowest BCUT2D eigenvalue weighted by Gasteiger charge is -2.36. The summed E-state index contributed by atoms with van der Waals surface area (Å²) in [6.45, 7) is 9.55. The average Bonchev–Trinajstić information content (AvgIpc) is 4.03. The summed E-state index contributed by atoms with van der Waals surface area (Å²) in [5.41, 5.74) is -1.57. The number of nitrogens with zero attached hydrogens (tertiary/aromatic N) is 3. The quantitative estimate of drug-likeness (QED) is 0.221. The normalized spacial score (nSPS) is 23.5. The van der Waals surface area contributed by atoms with Crippen LogP contribution >= 0.6 is 0 Å². The van der Waals surface area contributed by atoms with E-state index in [9.17, 15) is 22.8 Å². The number of hydrogen-bond donors (Lipinski definition) is 3. The van der Waals surface area contributed by atoms with Crippen LogP contribution in [0.5, 0.6) is 17.5 Å². The van der Waals surface area contributed by atoms with Gasteiger partial charge in [0.25, 0.3) is 5.91 Å². The summed E-state index contributed by atoms with van der Waals surface area (Å²) in [4.78, 5) is 52.5. The molecule has 3 amide bonds. The van der Waals surface area contributed by atoms with Crippen LogP contribution in [0, 0.1) is 11.3 Å². The largest absolute Gasteiger partial charge is 0.497 e. The number of fused-ring (bicyclic) bond motifs is 1. The van der Waals surface area contributed by atoms with Gasteiger partial charge in [0.15, 0.2) is 0 Å². The lowest BCUT2D eigenvalue weighted by molar-refractivity contribution is -0.141. The fourth-order valence-corrected chi connectivity index (χ4v) is 7.83. The van der Waals surface area contributed by atoms with Crippen molar-refractivity contribution < 1.29 is 37.0 Å². The maximum Gasteiger partial charge on any atom is 0.259 e. The minimum atomic E-state index is -3.87. The number of benzene rings is 1. The Morgan fingerprint density at radius 3 is 2.45 bits per heavy atom. The predicted octanol–water partition coefficient (Wildman–Crippen LogP) is 3.19. The van der Waals surface area contributed by atoms with E-state index < -0.39 is 62.1 Å². The Labute approximate surface area is 297 Å². The molecule has 1 aliphatic heterocycles. The average molecular weight is 721 g/mol. The molecule has 3 N–H and O–H groups in total. The van der Waals surface area contributed by atoms with E-state index in [0.29, 0.717) is 36.0 Å². The number of carbonyl (C=O) groups excluding carboxylic acids is 3. The first kappa shape index (κ1) is 35.9. The summed E-state index contributed by atoms with van der Waals surface area (Å²) in [6.07, 6.45) is 5.26. The molecular formula is C36H44N6O8S. The number of likely N-dealkylation sites (tertiary alicyclic amines) is 1. The molecule has 15 heteroatoms. The molecule has 0 spiro atoms. The van der Waals surface area contributed by atoms with E-state index >= 15 is 0 Å². The lowest BCUT2D eigenvalue weighted by atomic mass is 9.85. The minimum Gasteiger partial charge on any atom is -0.497 e. The highest BCUT2D eigenvalue weighted by atomic mass is 32.2. The molecule has 3 aliphatic rings. The molecule has 2 aromatic heterocycles. The van der Waals surface area contributed by atoms with E-state index in [-0.39, 0.29) is 25.3 Å². The van der Waals surface area contributed by atoms with E-state index in [1.807, 2.05) is 39.0 Å². The van der Waals surface area contributed by atoms with Crippen molar-refractivity contribution in [2.24, 2.45) is 11.3 Å². The van der Waals surface area contributed by atoms with Crippen LogP contribution in [-0.2, 0) is 24.4 Å². The van der Waals surface area contributed by atoms with Crippen molar-refractivity contribution in [3.05, 3.63) is 61.4 Å². The standard InChI is InChI=1S/C36H44N6O8S/c1-7-22-18-36(22,34(45)41-51(46,47)26-10-11-26)40-31(43)28-17-25(50-32-27-12-9-24(48-5)16-21(27)14-15-37-32)20-42(28)33(44)30(35(2,3)4)39-23-8-13-29(49-6)38-19-23/h7-9,12-16,19,22,25-26,28,30,39H,1,10-11,17-18,20H2,2-6H3,(H,40,43)(H,41,45)/t22-,25-,28+,30+,36-/m1/s1. The zero-order valence-electron chi connectivity index (χ0n) is 29.3. The maximum atomic E-state index is 14.6. The van der Waals surface area contributed by atoms with Gasteiger partial charge in [0.05, 0.1) is 37.9 Å². The van der Waals surface area contributed by atoms with Gasteiger partial charge in [-0.25, -0.2) is 18.4 Å². The van der Waals surface area contributed by atoms with Crippen molar-refractivity contribution in [2.75, 3.05) is 26.1 Å². The van der Waals surface area contributed by atoms with Crippen molar-refractivity contribution in [1.29, 1.82) is 0 Å². The van der Waals surface area contributed by atoms with Crippen LogP contribution in [-0.4, -0.2) is 90.7 Å². The molecule has 272 valence electrons. The molecule has 0 radical (unpaired) electrons. The maximum absolute atomic E-state index is 14.6. The van der Waals surface area contributed by atoms with Crippen molar-refractivity contribution in [3.8, 4) is 17.5 Å². The zero-order chi connectivity index (χ0) is 36.7. The number of anilines is 1. The minimum absolute atomic E-state index is 0.0421. The van der Waals surface area contributed by atoms with Crippen LogP contribution in [0.15, 0.2) is 61.4 Å². The number of aromatic nitrogens is 2. The summed E-state index contributed by atoms with van der Waals surface area (Å²) in [5, 5.41) is 7.07. The topological polar surface area (TPSA) is 178 Å². The summed E-state index contributed by atoms with van der Waals surface area (Å²) in [7, 11) is -0.780. The van der Waals surface area contributed by atoms with Crippen LogP contribution in [0.3, 0.4) is 0 Å². The number of sulfonamides is 1. The van der Waals surface area contributed by atoms with Gasteiger partial charge in [0, 0.05) is 30.0 Å². The number of amides is 3. The third kappa shape index (κ3) is 7.43. The van der Waals surface area contributed by atoms with Crippen molar-refractivity contribution >= 4 is 44.2 Å². The number of ether oxygens (including phenoxy) is 3. The molecule has 0 bridgehead atoms. The van der Waals surface area contributed by atoms with Gasteiger partial charge >= 0.3 is 0 Å². The Bertz CT molecular complexity index is 1940. The van der Waals surface area contributed by atoms with Gasteiger partial charge in [0.2, 0.25) is 33.6 Å². The fraction of sp³-hybridized carbons (Fsp3) is 0.472. The highest BCUT2D eigenvalue weighted by Crippen LogP contribution is 2.45. The summed E-state index contributed by atoms with van der Waals surface area (Å²) >= 11 is 0. The van der Waals surface area contributed by atoms with E-state index in [2.05, 4.69) is 31.9 Å². The molecule has 2 saturated carbocycles. The Morgan fingerprint density at radius 1 is 1.08 bits per heavy atom. The van der Waals surface area contributed by atoms with E-state index in [4.69, 9.17) is 14.2 Å². The molecule has 14 nitrogen and oxygen atoms in total. The van der Waals surface area contributed by atoms with Crippen LogP contribution in [0.4, 0.5) is 5.69 Å². The first-order valence-corrected chi connectivity index (χ1v) is 18.4. The second-order valence-electron chi connectivity index (χ2n) is 14.4. The van der Waals surface area contributed by atoms with Gasteiger partial charge in [-0.2, -0.15) is 0 Å². The van der Waals surface area contributed by atoms with Gasteiger partial charge in [-0.1, -0.05) is 26.8 Å². The molecule has 3 fully saturated rings. The number of carbonyl (C=O) groups is 3. The first-order valence-electron chi connectivity index (χ1n) is 16.9. The van der Waals surface area contributed by atoms with Crippen LogP contribution in [0.2, 0.25) is 0 Å². The molecular weight excluding hydrogens is 676 g/mol. The van der Waals surface area contributed by atoms with Crippen LogP contribution in [0.25, 0.3) is 10.8 Å². The van der Waals surface area contributed by atoms with Gasteiger partial charge < -0.3 is 29.7 Å². The van der Waals surface area contributed by atoms with Gasteiger partial charge in [-0.15, -0.1) is 6.58 Å². The highest BCUT2D eigenvalue weighted by Gasteiger charge is 2.62. The Hall–Kier alpha value is -4.92. The number of pyridine rings is 2. The van der Waals surface area contributed by atoms with E-state index in [1.165, 1.54) is 18.1 Å². The predicted molar refractivity (Wildman–Crippen MR) is 190 cm³/mol. The van der Waals surface area contributed by atoms with Gasteiger partial charge in [0.1, 0.15) is 29.5 Å². The molecule has 1 aromatic carbocycles. The van der Waals surface area contributed by atoms with Crippen molar-refractivity contribution in [3.63, 3.8) is 0 Å². The third-order valence-electron chi connectivity index (χ3n) is 9.68. The lowest BCUT2D eigenvalue weighted by Crippen LogP contribution is -2.58. The van der Waals surface area contributed by atoms with Crippen molar-refractivity contribution in [1.82, 2.24) is 24.9 Å². The summed E-state index contributed by atoms with van der Waals surface area (Å²) in [6, 6.07) is 8.87. The molecule has 2 aliphatic carbocycles. The Kier molecular flexibility index (Phi) is 9.61. The van der Waals surface area contributed by atoms with Gasteiger partial charge in [-0.05, 0) is 60.4 Å². The Balaban J connectivity index is 1.30. The molecule has 5 atom stereocenters. The molecule has 3 aromatic rings. The monoisotopic (exact) mass is 720 g/mol. The second-order valence-corrected chi connectivity index (χ2v) is 16.4. The molecule has 6 rings (SSSR count). The molecule has 1 saturated heterocycles. The number of rotatable bonds is 13. The van der Waals surface area contributed by atoms with Crippen LogP contribution in [0.1, 0.15) is 46.5 Å². The smallest absolute Gasteiger partial charge is 0.259 e. The third-order valence-corrected chi connectivity index (χ3v) is 11.5. The van der Waals surface area contributed by atoms with Crippen LogP contribution < -0.4 is 29.6 Å². The summed E-state index contributed by atoms with van der Waals surface area (Å²) in [5.74, 6) is -0.860. The zero-order valence-corrected chi connectivity index (χ0v) is 30.2. The molecule has 3 heterocycles. The first-order chi connectivity index (χ1) is 24.2. The second kappa shape index (κ2) is 13.7. The number of hydrogen-bond acceptors (Lipinski definition) is 11. The summed E-state index contributed by atoms with van der Waals surface area (Å²) < 4.78 is 44.5. The van der Waals surface area contributed by atoms with Crippen molar-refractivity contribution in [2.45, 2.75) is 75.4 Å². The molecule has 51 heavy (non-hydrogen) atoms. The van der Waals surface area contributed by atoms with E-state index in [1.54, 1.807) is 37.7 Å².